The second-order valence-corrected chi connectivity index (χ2v) is 3.14. The minimum atomic E-state index is -0.0825. The second-order valence-electron chi connectivity index (χ2n) is 3.14. The first-order chi connectivity index (χ1) is 5.16. The van der Waals surface area contributed by atoms with Gasteiger partial charge in [0, 0.05) is 6.42 Å². The molecule has 0 aromatic carbocycles. The van der Waals surface area contributed by atoms with Gasteiger partial charge in [-0.15, -0.1) is 0 Å². The first kappa shape index (κ1) is 8.31. The molecule has 0 aromatic rings. The first-order valence-corrected chi connectivity index (χ1v) is 4.09. The lowest BCUT2D eigenvalue weighted by molar-refractivity contribution is -0.117. The topological polar surface area (TPSA) is 37.3 Å². The van der Waals surface area contributed by atoms with Gasteiger partial charge in [-0.3, -0.25) is 4.79 Å². The van der Waals surface area contributed by atoms with E-state index >= 15 is 0 Å². The minimum Gasteiger partial charge on any atom is -0.504 e. The molecule has 0 saturated heterocycles. The summed E-state index contributed by atoms with van der Waals surface area (Å²) in [5.74, 6) is 0.247. The van der Waals surface area contributed by atoms with Gasteiger partial charge in [0.2, 0.25) is 0 Å². The molecule has 0 bridgehead atoms. The molecule has 62 valence electrons. The lowest BCUT2D eigenvalue weighted by Crippen LogP contribution is -1.98. The molecule has 11 heavy (non-hydrogen) atoms. The molecule has 0 saturated carbocycles. The van der Waals surface area contributed by atoms with Crippen LogP contribution in [0.5, 0.6) is 0 Å². The molecule has 0 aliphatic heterocycles. The summed E-state index contributed by atoms with van der Waals surface area (Å²) in [6.45, 7) is 3.94. The number of carbonyl (C=O) groups excluding carboxylic acids is 1. The van der Waals surface area contributed by atoms with E-state index in [-0.39, 0.29) is 11.5 Å². The van der Waals surface area contributed by atoms with E-state index in [1.807, 2.05) is 6.92 Å². The highest BCUT2D eigenvalue weighted by atomic mass is 16.3. The highest BCUT2D eigenvalue weighted by molar-refractivity contribution is 5.96. The van der Waals surface area contributed by atoms with E-state index in [1.54, 1.807) is 0 Å². The van der Waals surface area contributed by atoms with E-state index in [4.69, 9.17) is 0 Å². The van der Waals surface area contributed by atoms with E-state index < -0.39 is 0 Å². The van der Waals surface area contributed by atoms with Gasteiger partial charge in [-0.2, -0.15) is 0 Å². The molecule has 0 radical (unpaired) electrons. The van der Waals surface area contributed by atoms with Gasteiger partial charge in [-0.1, -0.05) is 13.3 Å². The van der Waals surface area contributed by atoms with Gasteiger partial charge in [0.1, 0.15) is 0 Å². The fourth-order valence-corrected chi connectivity index (χ4v) is 1.55. The van der Waals surface area contributed by atoms with Crippen LogP contribution in [0.15, 0.2) is 11.3 Å². The molecule has 2 nitrogen and oxygen atoms in total. The monoisotopic (exact) mass is 154 g/mol. The maximum absolute atomic E-state index is 11.0. The highest BCUT2D eigenvalue weighted by Crippen LogP contribution is 2.30. The molecule has 2 heteroatoms. The third-order valence-corrected chi connectivity index (χ3v) is 2.32. The number of allylic oxidation sites excluding steroid dienone is 2. The largest absolute Gasteiger partial charge is 0.504 e. The van der Waals surface area contributed by atoms with Crippen molar-refractivity contribution in [3.63, 3.8) is 0 Å². The first-order valence-electron chi connectivity index (χ1n) is 4.09. The van der Waals surface area contributed by atoms with Crippen molar-refractivity contribution in [3.8, 4) is 0 Å². The quantitative estimate of drug-likeness (QED) is 0.662. The summed E-state index contributed by atoms with van der Waals surface area (Å²) in [7, 11) is 0. The Hall–Kier alpha value is -0.790. The fourth-order valence-electron chi connectivity index (χ4n) is 1.55. The van der Waals surface area contributed by atoms with Crippen LogP contribution in [0.4, 0.5) is 0 Å². The molecular formula is C9H14O2. The number of aliphatic hydroxyl groups excluding tert-OH is 1. The van der Waals surface area contributed by atoms with E-state index in [9.17, 15) is 9.90 Å². The smallest absolute Gasteiger partial charge is 0.197 e. The van der Waals surface area contributed by atoms with Crippen LogP contribution in [0.3, 0.4) is 0 Å². The van der Waals surface area contributed by atoms with Crippen LogP contribution in [0.1, 0.15) is 33.1 Å². The maximum atomic E-state index is 11.0. The molecular weight excluding hydrogens is 140 g/mol. The molecule has 1 rings (SSSR count). The van der Waals surface area contributed by atoms with Crippen molar-refractivity contribution in [2.45, 2.75) is 33.1 Å². The van der Waals surface area contributed by atoms with Gasteiger partial charge in [0.15, 0.2) is 11.5 Å². The maximum Gasteiger partial charge on any atom is 0.197 e. The van der Waals surface area contributed by atoms with E-state index in [2.05, 4.69) is 6.92 Å². The van der Waals surface area contributed by atoms with E-state index in [1.165, 1.54) is 0 Å². The summed E-state index contributed by atoms with van der Waals surface area (Å²) >= 11 is 0. The van der Waals surface area contributed by atoms with Crippen LogP contribution < -0.4 is 0 Å². The van der Waals surface area contributed by atoms with Crippen molar-refractivity contribution in [3.05, 3.63) is 11.3 Å². The van der Waals surface area contributed by atoms with Crippen molar-refractivity contribution >= 4 is 5.78 Å². The summed E-state index contributed by atoms with van der Waals surface area (Å²) in [6, 6.07) is 0. The van der Waals surface area contributed by atoms with Gasteiger partial charge >= 0.3 is 0 Å². The average Bonchev–Trinajstić information content (AvgIpc) is 2.19. The normalized spacial score (nSPS) is 24.9. The molecule has 0 unspecified atom stereocenters. The highest BCUT2D eigenvalue weighted by Gasteiger charge is 2.28. The molecule has 1 N–H and O–H groups in total. The zero-order valence-electron chi connectivity index (χ0n) is 7.05. The van der Waals surface area contributed by atoms with Gasteiger partial charge < -0.3 is 5.11 Å². The molecule has 0 amide bonds. The predicted molar refractivity (Wildman–Crippen MR) is 43.4 cm³/mol. The molecule has 1 atom stereocenters. The van der Waals surface area contributed by atoms with E-state index in [0.717, 1.165) is 18.4 Å². The number of rotatable bonds is 2. The van der Waals surface area contributed by atoms with Crippen molar-refractivity contribution in [1.29, 1.82) is 0 Å². The zero-order chi connectivity index (χ0) is 8.43. The van der Waals surface area contributed by atoms with Gasteiger partial charge in [0.05, 0.1) is 0 Å². The van der Waals surface area contributed by atoms with Crippen LogP contribution in [-0.2, 0) is 4.79 Å². The number of Topliss-reactive ketones (excluding diaryl/α,β-unsaturated/α-hetero) is 1. The van der Waals surface area contributed by atoms with E-state index in [0.29, 0.717) is 12.3 Å². The summed E-state index contributed by atoms with van der Waals surface area (Å²) in [5, 5.41) is 9.19. The minimum absolute atomic E-state index is 0.0171. The molecule has 0 heterocycles. The summed E-state index contributed by atoms with van der Waals surface area (Å²) in [4.78, 5) is 11.0. The predicted octanol–water partition coefficient (Wildman–Crippen LogP) is 2.21. The number of hydrogen-bond acceptors (Lipinski definition) is 2. The summed E-state index contributed by atoms with van der Waals surface area (Å²) < 4.78 is 0. The van der Waals surface area contributed by atoms with Gasteiger partial charge in [-0.25, -0.2) is 0 Å². The van der Waals surface area contributed by atoms with Crippen molar-refractivity contribution in [2.24, 2.45) is 5.92 Å². The number of aliphatic hydroxyl groups is 1. The Morgan fingerprint density at radius 2 is 2.27 bits per heavy atom. The van der Waals surface area contributed by atoms with Crippen LogP contribution in [0, 0.1) is 5.92 Å². The van der Waals surface area contributed by atoms with Crippen LogP contribution in [0.25, 0.3) is 0 Å². The lowest BCUT2D eigenvalue weighted by Gasteiger charge is -2.06. The number of carbonyl (C=O) groups is 1. The average molecular weight is 154 g/mol. The SMILES string of the molecule is CCC[C@@H]1CC(=O)C(O)=C1C. The lowest BCUT2D eigenvalue weighted by atomic mass is 9.97. The van der Waals surface area contributed by atoms with Crippen molar-refractivity contribution in [2.75, 3.05) is 0 Å². The summed E-state index contributed by atoms with van der Waals surface area (Å²) in [5.41, 5.74) is 0.886. The number of hydrogen-bond donors (Lipinski definition) is 1. The van der Waals surface area contributed by atoms with Crippen LogP contribution in [0.2, 0.25) is 0 Å². The third kappa shape index (κ3) is 1.44. The molecule has 0 fully saturated rings. The Bertz CT molecular complexity index is 204. The Morgan fingerprint density at radius 3 is 2.64 bits per heavy atom. The molecule has 0 spiro atoms. The van der Waals surface area contributed by atoms with Crippen molar-refractivity contribution < 1.29 is 9.90 Å². The van der Waals surface area contributed by atoms with Gasteiger partial charge in [0.25, 0.3) is 0 Å². The van der Waals surface area contributed by atoms with Crippen LogP contribution in [-0.4, -0.2) is 10.9 Å². The standard InChI is InChI=1S/C9H14O2/c1-3-4-7-5-8(10)9(11)6(7)2/h7,11H,3-5H2,1-2H3/t7-/m1/s1. The number of ketones is 1. The Kier molecular flexibility index (Phi) is 2.32. The molecule has 1 aliphatic carbocycles. The zero-order valence-corrected chi connectivity index (χ0v) is 7.05. The Labute approximate surface area is 66.9 Å². The second kappa shape index (κ2) is 3.07. The summed E-state index contributed by atoms with van der Waals surface area (Å²) in [6.07, 6.45) is 2.61. The Morgan fingerprint density at radius 1 is 1.64 bits per heavy atom. The van der Waals surface area contributed by atoms with Crippen molar-refractivity contribution in [1.82, 2.24) is 0 Å². The third-order valence-electron chi connectivity index (χ3n) is 2.32. The van der Waals surface area contributed by atoms with Crippen LogP contribution >= 0.6 is 0 Å². The van der Waals surface area contributed by atoms with Gasteiger partial charge in [-0.05, 0) is 24.8 Å². The Balaban J connectivity index is 2.69. The fraction of sp³-hybridized carbons (Fsp3) is 0.667. The molecule has 1 aliphatic rings. The molecule has 0 aromatic heterocycles.